The summed E-state index contributed by atoms with van der Waals surface area (Å²) < 4.78 is 31.0. The zero-order valence-corrected chi connectivity index (χ0v) is 21.9. The Hall–Kier alpha value is -0.910. The second-order valence-electron chi connectivity index (χ2n) is 9.85. The molecular weight excluding hydrogens is 406 g/mol. The number of nitrogens with zero attached hydrogens (tertiary/aromatic N) is 1. The van der Waals surface area contributed by atoms with Crippen molar-refractivity contribution in [3.8, 4) is 0 Å². The minimum atomic E-state index is -4.03. The Kier molecular flexibility index (Phi) is 17.1. The number of quaternary nitrogens is 1. The molecule has 0 aromatic heterocycles. The van der Waals surface area contributed by atoms with Gasteiger partial charge in [-0.1, -0.05) is 102 Å². The third kappa shape index (κ3) is 19.5. The van der Waals surface area contributed by atoms with Gasteiger partial charge in [-0.3, -0.25) is 4.55 Å². The summed E-state index contributed by atoms with van der Waals surface area (Å²) >= 11 is 0. The molecule has 0 aliphatic carbocycles. The largest absolute Gasteiger partial charge is 0.331 e. The Bertz CT molecular complexity index is 651. The fraction of sp³-hybridized carbons (Fsp3) is 0.769. The lowest BCUT2D eigenvalue weighted by Crippen LogP contribution is -2.35. The quantitative estimate of drug-likeness (QED) is 0.160. The maximum absolute atomic E-state index is 10.6. The molecule has 1 rings (SSSR count). The molecule has 0 aliphatic heterocycles. The fourth-order valence-electron chi connectivity index (χ4n) is 3.63. The van der Waals surface area contributed by atoms with Gasteiger partial charge < -0.3 is 4.48 Å². The number of unbranched alkanes of at least 4 members (excludes halogenated alkanes) is 13. The summed E-state index contributed by atoms with van der Waals surface area (Å²) in [4.78, 5) is -0.0278. The normalized spacial score (nSPS) is 11.8. The lowest BCUT2D eigenvalue weighted by molar-refractivity contribution is -0.870. The van der Waals surface area contributed by atoms with Crippen molar-refractivity contribution >= 4 is 10.1 Å². The molecular formula is C26H50NO3S+. The molecule has 0 spiro atoms. The van der Waals surface area contributed by atoms with Crippen LogP contribution >= 0.6 is 0 Å². The van der Waals surface area contributed by atoms with Crippen molar-refractivity contribution in [2.24, 2.45) is 0 Å². The highest BCUT2D eigenvalue weighted by molar-refractivity contribution is 7.85. The van der Waals surface area contributed by atoms with E-state index in [1.807, 2.05) is 0 Å². The monoisotopic (exact) mass is 456 g/mol. The summed E-state index contributed by atoms with van der Waals surface area (Å²) in [6.45, 7) is 5.25. The Morgan fingerprint density at radius 3 is 1.42 bits per heavy atom. The van der Waals surface area contributed by atoms with Crippen LogP contribution in [0.2, 0.25) is 0 Å². The molecule has 4 nitrogen and oxygen atoms in total. The topological polar surface area (TPSA) is 54.4 Å². The lowest BCUT2D eigenvalue weighted by atomic mass is 10.0. The average molecular weight is 457 g/mol. The standard InChI is InChI=1S/C19H42N.C7H8O3S/c1-5-6-7-8-9-10-11-12-13-14-15-16-17-18-19-20(2,3)4;1-6-4-2-3-5-7(6)11(8,9)10/h5-19H2,1-4H3;2-5H,1H3,(H,8,9,10)/q+1;. The molecule has 0 bridgehead atoms. The Balaban J connectivity index is 0.000000683. The first-order valence-electron chi connectivity index (χ1n) is 12.4. The molecule has 0 saturated carbocycles. The van der Waals surface area contributed by atoms with Crippen molar-refractivity contribution in [3.05, 3.63) is 29.8 Å². The second-order valence-corrected chi connectivity index (χ2v) is 11.2. The van der Waals surface area contributed by atoms with E-state index in [2.05, 4.69) is 28.1 Å². The highest BCUT2D eigenvalue weighted by Gasteiger charge is 2.10. The third-order valence-corrected chi connectivity index (χ3v) is 6.57. The maximum Gasteiger partial charge on any atom is 0.294 e. The Morgan fingerprint density at radius 2 is 1.10 bits per heavy atom. The van der Waals surface area contributed by atoms with Gasteiger partial charge in [0.05, 0.1) is 32.6 Å². The van der Waals surface area contributed by atoms with E-state index in [0.717, 1.165) is 4.48 Å². The minimum Gasteiger partial charge on any atom is -0.331 e. The van der Waals surface area contributed by atoms with Crippen molar-refractivity contribution in [2.45, 2.75) is 109 Å². The molecule has 0 fully saturated rings. The van der Waals surface area contributed by atoms with E-state index in [4.69, 9.17) is 4.55 Å². The summed E-state index contributed by atoms with van der Waals surface area (Å²) in [7, 11) is 2.85. The third-order valence-electron chi connectivity index (χ3n) is 5.55. The maximum atomic E-state index is 10.6. The van der Waals surface area contributed by atoms with Gasteiger partial charge in [0, 0.05) is 0 Å². The predicted octanol–water partition coefficient (Wildman–Crippen LogP) is 7.42. The van der Waals surface area contributed by atoms with Gasteiger partial charge in [-0.05, 0) is 31.4 Å². The zero-order valence-electron chi connectivity index (χ0n) is 21.0. The van der Waals surface area contributed by atoms with Crippen LogP contribution in [-0.2, 0) is 10.1 Å². The van der Waals surface area contributed by atoms with Crippen LogP contribution in [0, 0.1) is 6.92 Å². The van der Waals surface area contributed by atoms with E-state index >= 15 is 0 Å². The molecule has 0 atom stereocenters. The molecule has 0 amide bonds. The van der Waals surface area contributed by atoms with Crippen molar-refractivity contribution in [2.75, 3.05) is 27.7 Å². The van der Waals surface area contributed by atoms with Gasteiger partial charge in [0.25, 0.3) is 10.1 Å². The smallest absolute Gasteiger partial charge is 0.294 e. The van der Waals surface area contributed by atoms with Crippen LogP contribution in [-0.4, -0.2) is 45.1 Å². The molecule has 0 saturated heterocycles. The summed E-state index contributed by atoms with van der Waals surface area (Å²) in [6, 6.07) is 6.27. The highest BCUT2D eigenvalue weighted by atomic mass is 32.2. The first-order valence-corrected chi connectivity index (χ1v) is 13.9. The van der Waals surface area contributed by atoms with Crippen molar-refractivity contribution in [1.29, 1.82) is 0 Å². The van der Waals surface area contributed by atoms with E-state index in [0.29, 0.717) is 5.56 Å². The van der Waals surface area contributed by atoms with E-state index in [1.165, 1.54) is 103 Å². The van der Waals surface area contributed by atoms with Crippen LogP contribution in [0.3, 0.4) is 0 Å². The molecule has 0 heterocycles. The van der Waals surface area contributed by atoms with E-state index < -0.39 is 10.1 Å². The molecule has 1 aromatic rings. The number of rotatable bonds is 16. The van der Waals surface area contributed by atoms with Gasteiger partial charge in [0.15, 0.2) is 0 Å². The average Bonchev–Trinajstić information content (AvgIpc) is 2.67. The van der Waals surface area contributed by atoms with E-state index in [9.17, 15) is 8.42 Å². The van der Waals surface area contributed by atoms with Gasteiger partial charge in [0.1, 0.15) is 0 Å². The second kappa shape index (κ2) is 17.6. The summed E-state index contributed by atoms with van der Waals surface area (Å²) in [5, 5.41) is 0. The first-order chi connectivity index (χ1) is 14.6. The van der Waals surface area contributed by atoms with Gasteiger partial charge in [-0.25, -0.2) is 0 Å². The van der Waals surface area contributed by atoms with Crippen molar-refractivity contribution in [1.82, 2.24) is 0 Å². The van der Waals surface area contributed by atoms with Crippen LogP contribution in [0.4, 0.5) is 0 Å². The van der Waals surface area contributed by atoms with Gasteiger partial charge in [-0.15, -0.1) is 0 Å². The summed E-state index contributed by atoms with van der Waals surface area (Å²) in [5.74, 6) is 0. The highest BCUT2D eigenvalue weighted by Crippen LogP contribution is 2.14. The molecule has 0 aliphatic rings. The summed E-state index contributed by atoms with van der Waals surface area (Å²) in [6.07, 6.45) is 20.4. The number of hydrogen-bond donors (Lipinski definition) is 1. The van der Waals surface area contributed by atoms with Crippen molar-refractivity contribution < 1.29 is 17.5 Å². The molecule has 0 unspecified atom stereocenters. The minimum absolute atomic E-state index is 0.0278. The van der Waals surface area contributed by atoms with Crippen LogP contribution < -0.4 is 0 Å². The van der Waals surface area contributed by atoms with Gasteiger partial charge >= 0.3 is 0 Å². The van der Waals surface area contributed by atoms with Crippen LogP contribution in [0.5, 0.6) is 0 Å². The summed E-state index contributed by atoms with van der Waals surface area (Å²) in [5.41, 5.74) is 0.551. The SMILES string of the molecule is CCCCCCCCCCCCCCCC[N+](C)(C)C.Cc1ccccc1S(=O)(=O)O. The van der Waals surface area contributed by atoms with E-state index in [-0.39, 0.29) is 4.90 Å². The fourth-order valence-corrected chi connectivity index (χ4v) is 4.35. The molecule has 182 valence electrons. The van der Waals surface area contributed by atoms with Crippen LogP contribution in [0.25, 0.3) is 0 Å². The first kappa shape index (κ1) is 30.1. The molecule has 1 N–H and O–H groups in total. The Labute approximate surface area is 193 Å². The number of hydrogen-bond acceptors (Lipinski definition) is 2. The van der Waals surface area contributed by atoms with Crippen LogP contribution in [0.15, 0.2) is 29.2 Å². The van der Waals surface area contributed by atoms with E-state index in [1.54, 1.807) is 25.1 Å². The number of benzene rings is 1. The molecule has 0 radical (unpaired) electrons. The van der Waals surface area contributed by atoms with Crippen LogP contribution in [0.1, 0.15) is 102 Å². The number of aryl methyl sites for hydroxylation is 1. The van der Waals surface area contributed by atoms with Gasteiger partial charge in [-0.2, -0.15) is 8.42 Å². The zero-order chi connectivity index (χ0) is 23.6. The molecule has 1 aromatic carbocycles. The van der Waals surface area contributed by atoms with Crippen molar-refractivity contribution in [3.63, 3.8) is 0 Å². The Morgan fingerprint density at radius 1 is 0.710 bits per heavy atom. The van der Waals surface area contributed by atoms with Gasteiger partial charge in [0.2, 0.25) is 0 Å². The molecule has 5 heteroatoms. The lowest BCUT2D eigenvalue weighted by Gasteiger charge is -2.23. The molecule has 31 heavy (non-hydrogen) atoms. The predicted molar refractivity (Wildman–Crippen MR) is 134 cm³/mol.